The maximum absolute atomic E-state index is 12.7. The summed E-state index contributed by atoms with van der Waals surface area (Å²) in [5.41, 5.74) is 1.20. The second-order valence-electron chi connectivity index (χ2n) is 7.22. The van der Waals surface area contributed by atoms with Crippen LogP contribution in [0, 0.1) is 5.41 Å². The normalized spacial score (nSPS) is 15.8. The summed E-state index contributed by atoms with van der Waals surface area (Å²) in [5.74, 6) is -0.193. The SMILES string of the molecule is COC(=O)C1(CCOCc2ccccc2)CCN(C(=O)c2ccccc2)CC1. The molecule has 28 heavy (non-hydrogen) atoms. The fraction of sp³-hybridized carbons (Fsp3) is 0.391. The van der Waals surface area contributed by atoms with Gasteiger partial charge in [0.2, 0.25) is 0 Å². The Hall–Kier alpha value is -2.66. The topological polar surface area (TPSA) is 55.8 Å². The van der Waals surface area contributed by atoms with Crippen molar-refractivity contribution in [1.29, 1.82) is 0 Å². The van der Waals surface area contributed by atoms with Crippen molar-refractivity contribution in [3.63, 3.8) is 0 Å². The van der Waals surface area contributed by atoms with E-state index in [9.17, 15) is 9.59 Å². The zero-order valence-corrected chi connectivity index (χ0v) is 16.3. The number of likely N-dealkylation sites (tertiary alicyclic amines) is 1. The highest BCUT2D eigenvalue weighted by atomic mass is 16.5. The lowest BCUT2D eigenvalue weighted by Crippen LogP contribution is -2.47. The van der Waals surface area contributed by atoms with Crippen molar-refractivity contribution in [1.82, 2.24) is 4.90 Å². The molecule has 0 N–H and O–H groups in total. The van der Waals surface area contributed by atoms with E-state index in [0.717, 1.165) is 5.56 Å². The predicted molar refractivity (Wildman–Crippen MR) is 107 cm³/mol. The molecule has 1 heterocycles. The number of piperidine rings is 1. The van der Waals surface area contributed by atoms with Gasteiger partial charge in [0, 0.05) is 25.3 Å². The fourth-order valence-electron chi connectivity index (χ4n) is 3.71. The summed E-state index contributed by atoms with van der Waals surface area (Å²) < 4.78 is 10.9. The number of methoxy groups -OCH3 is 1. The third-order valence-electron chi connectivity index (χ3n) is 5.48. The van der Waals surface area contributed by atoms with Crippen LogP contribution in [0.25, 0.3) is 0 Å². The molecule has 3 rings (SSSR count). The predicted octanol–water partition coefficient (Wildman–Crippen LogP) is 3.69. The lowest BCUT2D eigenvalue weighted by molar-refractivity contribution is -0.157. The van der Waals surface area contributed by atoms with Gasteiger partial charge in [-0.1, -0.05) is 48.5 Å². The highest BCUT2D eigenvalue weighted by molar-refractivity contribution is 5.94. The first kappa shape index (κ1) is 20.1. The van der Waals surface area contributed by atoms with Crippen LogP contribution in [0.3, 0.4) is 0 Å². The number of hydrogen-bond donors (Lipinski definition) is 0. The van der Waals surface area contributed by atoms with Gasteiger partial charge in [0.15, 0.2) is 0 Å². The zero-order chi connectivity index (χ0) is 19.8. The molecule has 0 saturated carbocycles. The van der Waals surface area contributed by atoms with E-state index in [2.05, 4.69) is 0 Å². The van der Waals surface area contributed by atoms with E-state index in [-0.39, 0.29) is 11.9 Å². The molecule has 0 unspecified atom stereocenters. The number of ether oxygens (including phenoxy) is 2. The Morgan fingerprint density at radius 1 is 0.964 bits per heavy atom. The molecule has 148 valence electrons. The summed E-state index contributed by atoms with van der Waals surface area (Å²) in [6, 6.07) is 19.2. The van der Waals surface area contributed by atoms with Crippen LogP contribution >= 0.6 is 0 Å². The first-order chi connectivity index (χ1) is 13.6. The molecule has 1 saturated heterocycles. The molecule has 0 spiro atoms. The first-order valence-electron chi connectivity index (χ1n) is 9.69. The second-order valence-corrected chi connectivity index (χ2v) is 7.22. The Bertz CT molecular complexity index is 768. The van der Waals surface area contributed by atoms with Gasteiger partial charge in [-0.2, -0.15) is 0 Å². The van der Waals surface area contributed by atoms with Gasteiger partial charge in [0.05, 0.1) is 19.1 Å². The molecule has 5 heteroatoms. The third-order valence-corrected chi connectivity index (χ3v) is 5.48. The molecule has 0 radical (unpaired) electrons. The van der Waals surface area contributed by atoms with Crippen LogP contribution in [0.5, 0.6) is 0 Å². The summed E-state index contributed by atoms with van der Waals surface area (Å²) in [7, 11) is 1.43. The number of carbonyl (C=O) groups is 2. The molecule has 2 aromatic rings. The largest absolute Gasteiger partial charge is 0.469 e. The zero-order valence-electron chi connectivity index (χ0n) is 16.3. The van der Waals surface area contributed by atoms with Crippen molar-refractivity contribution in [2.45, 2.75) is 25.9 Å². The number of hydrogen-bond acceptors (Lipinski definition) is 4. The van der Waals surface area contributed by atoms with Crippen molar-refractivity contribution in [2.75, 3.05) is 26.8 Å². The number of rotatable bonds is 7. The molecule has 1 aliphatic heterocycles. The van der Waals surface area contributed by atoms with Crippen LogP contribution in [0.1, 0.15) is 35.2 Å². The first-order valence-corrected chi connectivity index (χ1v) is 9.69. The van der Waals surface area contributed by atoms with Crippen LogP contribution in [-0.2, 0) is 20.9 Å². The lowest BCUT2D eigenvalue weighted by Gasteiger charge is -2.39. The number of esters is 1. The van der Waals surface area contributed by atoms with Crippen LogP contribution in [-0.4, -0.2) is 43.6 Å². The summed E-state index contributed by atoms with van der Waals surface area (Å²) in [6.45, 7) is 2.09. The van der Waals surface area contributed by atoms with Crippen LogP contribution < -0.4 is 0 Å². The molecular formula is C23H27NO4. The quantitative estimate of drug-likeness (QED) is 0.542. The smallest absolute Gasteiger partial charge is 0.312 e. The summed E-state index contributed by atoms with van der Waals surface area (Å²) in [4.78, 5) is 27.0. The van der Waals surface area contributed by atoms with Gasteiger partial charge in [0.1, 0.15) is 0 Å². The number of benzene rings is 2. The second kappa shape index (κ2) is 9.51. The average Bonchev–Trinajstić information content (AvgIpc) is 2.77. The number of nitrogens with zero attached hydrogens (tertiary/aromatic N) is 1. The van der Waals surface area contributed by atoms with Crippen molar-refractivity contribution < 1.29 is 19.1 Å². The molecular weight excluding hydrogens is 354 g/mol. The van der Waals surface area contributed by atoms with Crippen LogP contribution in [0.4, 0.5) is 0 Å². The van der Waals surface area contributed by atoms with E-state index in [4.69, 9.17) is 9.47 Å². The van der Waals surface area contributed by atoms with Gasteiger partial charge in [0.25, 0.3) is 5.91 Å². The molecule has 0 atom stereocenters. The van der Waals surface area contributed by atoms with Gasteiger partial charge in [-0.05, 0) is 37.0 Å². The van der Waals surface area contributed by atoms with E-state index >= 15 is 0 Å². The van der Waals surface area contributed by atoms with Gasteiger partial charge in [-0.3, -0.25) is 9.59 Å². The van der Waals surface area contributed by atoms with E-state index < -0.39 is 5.41 Å². The Labute approximate surface area is 166 Å². The summed E-state index contributed by atoms with van der Waals surface area (Å²) >= 11 is 0. The van der Waals surface area contributed by atoms with Crippen molar-refractivity contribution >= 4 is 11.9 Å². The molecule has 1 fully saturated rings. The highest BCUT2D eigenvalue weighted by Crippen LogP contribution is 2.37. The van der Waals surface area contributed by atoms with Gasteiger partial charge in [-0.15, -0.1) is 0 Å². The van der Waals surface area contributed by atoms with Crippen LogP contribution in [0.15, 0.2) is 60.7 Å². The van der Waals surface area contributed by atoms with Gasteiger partial charge >= 0.3 is 5.97 Å². The van der Waals surface area contributed by atoms with Crippen molar-refractivity contribution in [2.24, 2.45) is 5.41 Å². The van der Waals surface area contributed by atoms with Crippen molar-refractivity contribution in [3.8, 4) is 0 Å². The highest BCUT2D eigenvalue weighted by Gasteiger charge is 2.43. The lowest BCUT2D eigenvalue weighted by atomic mass is 9.75. The molecule has 0 aliphatic carbocycles. The van der Waals surface area contributed by atoms with E-state index in [1.165, 1.54) is 7.11 Å². The molecule has 0 aromatic heterocycles. The average molecular weight is 381 g/mol. The third kappa shape index (κ3) is 4.78. The fourth-order valence-corrected chi connectivity index (χ4v) is 3.71. The summed E-state index contributed by atoms with van der Waals surface area (Å²) in [6.07, 6.45) is 1.78. The maximum Gasteiger partial charge on any atom is 0.312 e. The van der Waals surface area contributed by atoms with Crippen LogP contribution in [0.2, 0.25) is 0 Å². The minimum Gasteiger partial charge on any atom is -0.469 e. The molecule has 0 bridgehead atoms. The minimum absolute atomic E-state index is 0.0133. The molecule has 1 aliphatic rings. The maximum atomic E-state index is 12.7. The Balaban J connectivity index is 1.56. The Morgan fingerprint density at radius 2 is 1.57 bits per heavy atom. The summed E-state index contributed by atoms with van der Waals surface area (Å²) in [5, 5.41) is 0. The molecule has 2 aromatic carbocycles. The Kier molecular flexibility index (Phi) is 6.82. The number of carbonyl (C=O) groups excluding carboxylic acids is 2. The van der Waals surface area contributed by atoms with Gasteiger partial charge < -0.3 is 14.4 Å². The minimum atomic E-state index is -0.584. The monoisotopic (exact) mass is 381 g/mol. The Morgan fingerprint density at radius 3 is 2.18 bits per heavy atom. The standard InChI is InChI=1S/C23H27NO4/c1-27-22(26)23(14-17-28-18-19-8-4-2-5-9-19)12-15-24(16-13-23)21(25)20-10-6-3-7-11-20/h2-11H,12-18H2,1H3. The van der Waals surface area contributed by atoms with E-state index in [1.54, 1.807) is 0 Å². The van der Waals surface area contributed by atoms with E-state index in [1.807, 2.05) is 65.6 Å². The molecule has 5 nitrogen and oxygen atoms in total. The number of amides is 1. The van der Waals surface area contributed by atoms with E-state index in [0.29, 0.717) is 51.1 Å². The van der Waals surface area contributed by atoms with Gasteiger partial charge in [-0.25, -0.2) is 0 Å². The van der Waals surface area contributed by atoms with Crippen molar-refractivity contribution in [3.05, 3.63) is 71.8 Å². The molecule has 1 amide bonds.